The fourth-order valence-electron chi connectivity index (χ4n) is 4.45. The van der Waals surface area contributed by atoms with Crippen molar-refractivity contribution >= 4 is 11.6 Å². The minimum atomic E-state index is -5.11. The average molecular weight is 421 g/mol. The van der Waals surface area contributed by atoms with Gasteiger partial charge in [-0.3, -0.25) is 4.79 Å². The zero-order valence-electron chi connectivity index (χ0n) is 16.8. The maximum atomic E-state index is 14.5. The molecule has 2 aromatic carbocycles. The van der Waals surface area contributed by atoms with Crippen molar-refractivity contribution in [3.05, 3.63) is 64.7 Å². The Balaban J connectivity index is 1.78. The van der Waals surface area contributed by atoms with Gasteiger partial charge in [0.25, 0.3) is 0 Å². The molecule has 2 unspecified atom stereocenters. The maximum Gasteiger partial charge on any atom is 0.424 e. The van der Waals surface area contributed by atoms with Gasteiger partial charge in [0.15, 0.2) is 6.17 Å². The summed E-state index contributed by atoms with van der Waals surface area (Å²) in [5.74, 6) is -0.197. The maximum absolute atomic E-state index is 14.5. The highest BCUT2D eigenvalue weighted by Crippen LogP contribution is 2.60. The van der Waals surface area contributed by atoms with E-state index in [-0.39, 0.29) is 11.5 Å². The highest BCUT2D eigenvalue weighted by Gasteiger charge is 2.68. The predicted molar refractivity (Wildman–Crippen MR) is 105 cm³/mol. The predicted octanol–water partition coefficient (Wildman–Crippen LogP) is 5.11. The molecule has 4 rings (SSSR count). The van der Waals surface area contributed by atoms with Gasteiger partial charge in [-0.05, 0) is 61.9 Å². The normalized spacial score (nSPS) is 23.8. The summed E-state index contributed by atoms with van der Waals surface area (Å²) in [5, 5.41) is 10.0. The van der Waals surface area contributed by atoms with Gasteiger partial charge in [-0.15, -0.1) is 0 Å². The monoisotopic (exact) mass is 421 g/mol. The molecule has 2 aromatic rings. The number of benzene rings is 2. The third kappa shape index (κ3) is 2.86. The molecule has 7 heteroatoms. The Morgan fingerprint density at radius 1 is 1.13 bits per heavy atom. The van der Waals surface area contributed by atoms with Gasteiger partial charge in [0.2, 0.25) is 11.5 Å². The van der Waals surface area contributed by atoms with Gasteiger partial charge < -0.3 is 10.0 Å². The van der Waals surface area contributed by atoms with E-state index in [4.69, 9.17) is 0 Å². The molecule has 0 radical (unpaired) electrons. The van der Waals surface area contributed by atoms with E-state index < -0.39 is 28.9 Å². The first-order valence-electron chi connectivity index (χ1n) is 9.97. The fraction of sp³-hybridized carbons (Fsp3) is 0.435. The second-order valence-corrected chi connectivity index (χ2v) is 8.60. The van der Waals surface area contributed by atoms with Gasteiger partial charge in [-0.25, -0.2) is 4.39 Å². The van der Waals surface area contributed by atoms with Crippen molar-refractivity contribution in [3.8, 4) is 0 Å². The fourth-order valence-corrected chi connectivity index (χ4v) is 4.45. The SMILES string of the molecule is CC(C)(C(=O)N1CCCCc2cc3c(cc21)C(F)C3(O)C(F)(F)F)c1ccccc1. The van der Waals surface area contributed by atoms with Gasteiger partial charge in [-0.1, -0.05) is 30.3 Å². The van der Waals surface area contributed by atoms with E-state index in [1.165, 1.54) is 12.1 Å². The molecule has 1 heterocycles. The molecule has 30 heavy (non-hydrogen) atoms. The minimum absolute atomic E-state index is 0.197. The van der Waals surface area contributed by atoms with Crippen LogP contribution in [0.3, 0.4) is 0 Å². The summed E-state index contributed by atoms with van der Waals surface area (Å²) in [6.45, 7) is 4.01. The average Bonchev–Trinajstić information content (AvgIpc) is 2.93. The van der Waals surface area contributed by atoms with E-state index in [9.17, 15) is 27.5 Å². The van der Waals surface area contributed by atoms with Crippen molar-refractivity contribution in [1.82, 2.24) is 0 Å². The Kier molecular flexibility index (Phi) is 4.73. The molecule has 3 nitrogen and oxygen atoms in total. The minimum Gasteiger partial charge on any atom is -0.374 e. The van der Waals surface area contributed by atoms with E-state index in [1.54, 1.807) is 18.7 Å². The van der Waals surface area contributed by atoms with Crippen LogP contribution in [-0.2, 0) is 22.2 Å². The van der Waals surface area contributed by atoms with Crippen LogP contribution in [0.5, 0.6) is 0 Å². The van der Waals surface area contributed by atoms with Crippen molar-refractivity contribution in [3.63, 3.8) is 0 Å². The topological polar surface area (TPSA) is 40.5 Å². The van der Waals surface area contributed by atoms with Crippen molar-refractivity contribution < 1.29 is 27.5 Å². The smallest absolute Gasteiger partial charge is 0.374 e. The van der Waals surface area contributed by atoms with Gasteiger partial charge in [0.05, 0.1) is 5.41 Å². The van der Waals surface area contributed by atoms with Crippen molar-refractivity contribution in [2.45, 2.75) is 56.5 Å². The largest absolute Gasteiger partial charge is 0.424 e. The first kappa shape index (κ1) is 20.8. The van der Waals surface area contributed by atoms with Crippen LogP contribution >= 0.6 is 0 Å². The lowest BCUT2D eigenvalue weighted by molar-refractivity contribution is -0.302. The standard InChI is InChI=1S/C23H23F4NO2/c1-21(2,15-9-4-3-5-10-15)20(29)28-11-7-6-8-14-12-17-16(13-18(14)28)19(24)22(17,30)23(25,26)27/h3-5,9-10,12-13,19,30H,6-8,11H2,1-2H3. The number of aryl methyl sites for hydroxylation is 1. The summed E-state index contributed by atoms with van der Waals surface area (Å²) in [4.78, 5) is 15.1. The molecule has 0 fully saturated rings. The number of hydrogen-bond donors (Lipinski definition) is 1. The second-order valence-electron chi connectivity index (χ2n) is 8.60. The van der Waals surface area contributed by atoms with Crippen LogP contribution < -0.4 is 4.90 Å². The van der Waals surface area contributed by atoms with Crippen LogP contribution in [0.2, 0.25) is 0 Å². The van der Waals surface area contributed by atoms with Gasteiger partial charge in [-0.2, -0.15) is 13.2 Å². The second kappa shape index (κ2) is 6.80. The summed E-state index contributed by atoms with van der Waals surface area (Å²) >= 11 is 0. The van der Waals surface area contributed by atoms with Crippen molar-refractivity contribution in [2.24, 2.45) is 0 Å². The van der Waals surface area contributed by atoms with Gasteiger partial charge >= 0.3 is 6.18 Å². The number of rotatable bonds is 2. The quantitative estimate of drug-likeness (QED) is 0.685. The highest BCUT2D eigenvalue weighted by atomic mass is 19.4. The van der Waals surface area contributed by atoms with Crippen LogP contribution in [0.4, 0.5) is 23.2 Å². The first-order chi connectivity index (χ1) is 14.0. The Bertz CT molecular complexity index is 987. The molecule has 160 valence electrons. The van der Waals surface area contributed by atoms with Crippen LogP contribution in [0.25, 0.3) is 0 Å². The molecular formula is C23H23F4NO2. The number of alkyl halides is 4. The Hall–Kier alpha value is -2.41. The lowest BCUT2D eigenvalue weighted by Gasteiger charge is -2.44. The number of carbonyl (C=O) groups excluding carboxylic acids is 1. The molecular weight excluding hydrogens is 398 g/mol. The third-order valence-corrected chi connectivity index (χ3v) is 6.38. The molecule has 0 saturated carbocycles. The Labute approximate surface area is 172 Å². The van der Waals surface area contributed by atoms with Crippen LogP contribution in [0.1, 0.15) is 55.1 Å². The van der Waals surface area contributed by atoms with Crippen LogP contribution in [0, 0.1) is 0 Å². The molecule has 0 bridgehead atoms. The number of carbonyl (C=O) groups is 1. The summed E-state index contributed by atoms with van der Waals surface area (Å²) in [6.07, 6.45) is -5.85. The van der Waals surface area contributed by atoms with Gasteiger partial charge in [0.1, 0.15) is 0 Å². The van der Waals surface area contributed by atoms with E-state index in [0.717, 1.165) is 5.56 Å². The molecule has 1 aliphatic carbocycles. The molecule has 0 spiro atoms. The molecule has 1 N–H and O–H groups in total. The molecule has 2 atom stereocenters. The lowest BCUT2D eigenvalue weighted by Crippen LogP contribution is -2.53. The van der Waals surface area contributed by atoms with E-state index in [1.807, 2.05) is 30.3 Å². The van der Waals surface area contributed by atoms with Crippen LogP contribution in [-0.4, -0.2) is 23.7 Å². The summed E-state index contributed by atoms with van der Waals surface area (Å²) < 4.78 is 54.4. The van der Waals surface area contributed by atoms with Crippen molar-refractivity contribution in [1.29, 1.82) is 0 Å². The molecule has 1 aliphatic heterocycles. The molecule has 2 aliphatic rings. The number of anilines is 1. The summed E-state index contributed by atoms with van der Waals surface area (Å²) in [5.41, 5.74) is -3.22. The number of aliphatic hydroxyl groups is 1. The summed E-state index contributed by atoms with van der Waals surface area (Å²) in [7, 11) is 0. The van der Waals surface area contributed by atoms with Gasteiger partial charge in [0, 0.05) is 17.8 Å². The Morgan fingerprint density at radius 2 is 1.80 bits per heavy atom. The highest BCUT2D eigenvalue weighted by molar-refractivity contribution is 6.01. The number of fused-ring (bicyclic) bond motifs is 2. The van der Waals surface area contributed by atoms with Crippen molar-refractivity contribution in [2.75, 3.05) is 11.4 Å². The molecule has 0 aromatic heterocycles. The number of amides is 1. The number of nitrogens with zero attached hydrogens (tertiary/aromatic N) is 1. The van der Waals surface area contributed by atoms with E-state index in [2.05, 4.69) is 0 Å². The van der Waals surface area contributed by atoms with E-state index >= 15 is 0 Å². The van der Waals surface area contributed by atoms with E-state index in [0.29, 0.717) is 37.1 Å². The first-order valence-corrected chi connectivity index (χ1v) is 9.97. The Morgan fingerprint density at radius 3 is 2.43 bits per heavy atom. The lowest BCUT2D eigenvalue weighted by atomic mass is 9.69. The number of halogens is 4. The third-order valence-electron chi connectivity index (χ3n) is 6.38. The molecule has 1 amide bonds. The molecule has 0 saturated heterocycles. The van der Waals surface area contributed by atoms with Crippen LogP contribution in [0.15, 0.2) is 42.5 Å². The number of hydrogen-bond acceptors (Lipinski definition) is 2. The zero-order chi connectivity index (χ0) is 21.9. The summed E-state index contributed by atoms with van der Waals surface area (Å²) in [6, 6.07) is 11.8. The zero-order valence-corrected chi connectivity index (χ0v) is 16.8.